The normalized spacial score (nSPS) is 15.1. The summed E-state index contributed by atoms with van der Waals surface area (Å²) in [5, 5.41) is 6.84. The number of carbonyl (C=O) groups excluding carboxylic acids is 2. The molecule has 0 saturated carbocycles. The van der Waals surface area contributed by atoms with Gasteiger partial charge in [-0.15, -0.1) is 5.10 Å². The third-order valence-corrected chi connectivity index (χ3v) is 5.31. The maximum atomic E-state index is 12.5. The Hall–Kier alpha value is -2.32. The van der Waals surface area contributed by atoms with Gasteiger partial charge in [0.2, 0.25) is 0 Å². The first-order chi connectivity index (χ1) is 12.6. The number of rotatable bonds is 5. The predicted octanol–water partition coefficient (Wildman–Crippen LogP) is 1.42. The van der Waals surface area contributed by atoms with Crippen molar-refractivity contribution in [2.75, 3.05) is 33.2 Å². The van der Waals surface area contributed by atoms with Crippen LogP contribution in [0, 0.1) is 0 Å². The summed E-state index contributed by atoms with van der Waals surface area (Å²) in [5.74, 6) is -0.0913. The van der Waals surface area contributed by atoms with Gasteiger partial charge < -0.3 is 15.1 Å². The van der Waals surface area contributed by atoms with Gasteiger partial charge in [0.1, 0.15) is 4.88 Å². The fourth-order valence-electron chi connectivity index (χ4n) is 2.83. The molecule has 1 aliphatic rings. The molecule has 0 bridgehead atoms. The Morgan fingerprint density at radius 2 is 1.85 bits per heavy atom. The molecular formula is C18H23N5O2S. The zero-order valence-corrected chi connectivity index (χ0v) is 15.9. The summed E-state index contributed by atoms with van der Waals surface area (Å²) in [5.41, 5.74) is 2.36. The molecule has 1 aromatic heterocycles. The van der Waals surface area contributed by atoms with Gasteiger partial charge in [-0.05, 0) is 42.7 Å². The van der Waals surface area contributed by atoms with E-state index in [1.165, 1.54) is 0 Å². The van der Waals surface area contributed by atoms with Crippen LogP contribution in [0.25, 0.3) is 0 Å². The molecule has 1 aliphatic heterocycles. The van der Waals surface area contributed by atoms with Crippen molar-refractivity contribution in [3.05, 3.63) is 46.0 Å². The first-order valence-corrected chi connectivity index (χ1v) is 9.52. The minimum atomic E-state index is -0.158. The standard InChI is InChI=1S/C18H23N5O2S/c1-3-15-16(26-21-20-15)17(24)19-12-13-4-6-14(7-5-13)18(25)23-10-8-22(2)9-11-23/h4-7H,3,8-12H2,1-2H3,(H,19,24). The lowest BCUT2D eigenvalue weighted by molar-refractivity contribution is 0.0664. The summed E-state index contributed by atoms with van der Waals surface area (Å²) >= 11 is 1.11. The molecule has 1 fully saturated rings. The summed E-state index contributed by atoms with van der Waals surface area (Å²) < 4.78 is 3.83. The third-order valence-electron chi connectivity index (χ3n) is 4.54. The highest BCUT2D eigenvalue weighted by molar-refractivity contribution is 7.08. The maximum absolute atomic E-state index is 12.5. The van der Waals surface area contributed by atoms with E-state index in [1.807, 2.05) is 36.1 Å². The molecule has 7 nitrogen and oxygen atoms in total. The first-order valence-electron chi connectivity index (χ1n) is 8.74. The molecule has 0 atom stereocenters. The van der Waals surface area contributed by atoms with Crippen LogP contribution in [0.5, 0.6) is 0 Å². The van der Waals surface area contributed by atoms with E-state index >= 15 is 0 Å². The largest absolute Gasteiger partial charge is 0.347 e. The maximum Gasteiger partial charge on any atom is 0.265 e. The van der Waals surface area contributed by atoms with E-state index < -0.39 is 0 Å². The van der Waals surface area contributed by atoms with Gasteiger partial charge in [-0.1, -0.05) is 23.5 Å². The molecule has 8 heteroatoms. The van der Waals surface area contributed by atoms with Crippen LogP contribution in [0.15, 0.2) is 24.3 Å². The molecule has 1 N–H and O–H groups in total. The average Bonchev–Trinajstić information content (AvgIpc) is 3.15. The molecule has 1 aromatic carbocycles. The van der Waals surface area contributed by atoms with E-state index in [-0.39, 0.29) is 11.8 Å². The van der Waals surface area contributed by atoms with E-state index in [1.54, 1.807) is 0 Å². The first kappa shape index (κ1) is 18.5. The van der Waals surface area contributed by atoms with Gasteiger partial charge in [0, 0.05) is 38.3 Å². The summed E-state index contributed by atoms with van der Waals surface area (Å²) in [6, 6.07) is 7.42. The van der Waals surface area contributed by atoms with Crippen LogP contribution in [-0.4, -0.2) is 64.4 Å². The Bertz CT molecular complexity index is 766. The van der Waals surface area contributed by atoms with Gasteiger partial charge in [-0.25, -0.2) is 0 Å². The highest BCUT2D eigenvalue weighted by Crippen LogP contribution is 2.12. The Morgan fingerprint density at radius 3 is 2.50 bits per heavy atom. The Kier molecular flexibility index (Phi) is 5.95. The number of hydrogen-bond donors (Lipinski definition) is 1. The molecule has 0 radical (unpaired) electrons. The van der Waals surface area contributed by atoms with E-state index in [4.69, 9.17) is 0 Å². The summed E-state index contributed by atoms with van der Waals surface area (Å²) in [7, 11) is 2.07. The van der Waals surface area contributed by atoms with Crippen molar-refractivity contribution >= 4 is 23.3 Å². The van der Waals surface area contributed by atoms with Crippen LogP contribution < -0.4 is 5.32 Å². The molecule has 3 rings (SSSR count). The molecule has 138 valence electrons. The van der Waals surface area contributed by atoms with Gasteiger partial charge in [0.15, 0.2) is 0 Å². The minimum Gasteiger partial charge on any atom is -0.347 e. The Balaban J connectivity index is 1.56. The van der Waals surface area contributed by atoms with Crippen LogP contribution in [0.1, 0.15) is 38.2 Å². The van der Waals surface area contributed by atoms with E-state index in [2.05, 4.69) is 26.9 Å². The highest BCUT2D eigenvalue weighted by Gasteiger charge is 2.20. The SMILES string of the molecule is CCc1nnsc1C(=O)NCc1ccc(C(=O)N2CCN(C)CC2)cc1. The second-order valence-corrected chi connectivity index (χ2v) is 7.13. The zero-order chi connectivity index (χ0) is 18.5. The Morgan fingerprint density at radius 1 is 1.15 bits per heavy atom. The molecule has 2 aromatic rings. The smallest absolute Gasteiger partial charge is 0.265 e. The summed E-state index contributed by atoms with van der Waals surface area (Å²) in [6.45, 7) is 5.68. The van der Waals surface area contributed by atoms with Crippen LogP contribution in [0.2, 0.25) is 0 Å². The van der Waals surface area contributed by atoms with Gasteiger partial charge in [-0.2, -0.15) is 0 Å². The van der Waals surface area contributed by atoms with Crippen molar-refractivity contribution in [2.45, 2.75) is 19.9 Å². The molecule has 2 heterocycles. The molecule has 0 unspecified atom stereocenters. The van der Waals surface area contributed by atoms with Crippen molar-refractivity contribution < 1.29 is 9.59 Å². The van der Waals surface area contributed by atoms with E-state index in [0.717, 1.165) is 49.0 Å². The van der Waals surface area contributed by atoms with Gasteiger partial charge in [-0.3, -0.25) is 9.59 Å². The van der Waals surface area contributed by atoms with E-state index in [9.17, 15) is 9.59 Å². The van der Waals surface area contributed by atoms with Crippen molar-refractivity contribution in [2.24, 2.45) is 0 Å². The number of amides is 2. The highest BCUT2D eigenvalue weighted by atomic mass is 32.1. The van der Waals surface area contributed by atoms with Crippen molar-refractivity contribution in [1.82, 2.24) is 24.7 Å². The molecule has 0 spiro atoms. The topological polar surface area (TPSA) is 78.4 Å². The lowest BCUT2D eigenvalue weighted by Crippen LogP contribution is -2.47. The van der Waals surface area contributed by atoms with Gasteiger partial charge in [0.25, 0.3) is 11.8 Å². The average molecular weight is 373 g/mol. The van der Waals surface area contributed by atoms with E-state index in [0.29, 0.717) is 23.4 Å². The van der Waals surface area contributed by atoms with Crippen LogP contribution in [-0.2, 0) is 13.0 Å². The van der Waals surface area contributed by atoms with Crippen molar-refractivity contribution in [3.8, 4) is 0 Å². The van der Waals surface area contributed by atoms with Crippen LogP contribution in [0.4, 0.5) is 0 Å². The second kappa shape index (κ2) is 8.37. The second-order valence-electron chi connectivity index (χ2n) is 6.38. The fraction of sp³-hybridized carbons (Fsp3) is 0.444. The number of hydrogen-bond acceptors (Lipinski definition) is 6. The van der Waals surface area contributed by atoms with Gasteiger partial charge >= 0.3 is 0 Å². The zero-order valence-electron chi connectivity index (χ0n) is 15.1. The predicted molar refractivity (Wildman–Crippen MR) is 100 cm³/mol. The third kappa shape index (κ3) is 4.25. The lowest BCUT2D eigenvalue weighted by Gasteiger charge is -2.32. The summed E-state index contributed by atoms with van der Waals surface area (Å²) in [4.78, 5) is 29.4. The number of piperazine rings is 1. The summed E-state index contributed by atoms with van der Waals surface area (Å²) in [6.07, 6.45) is 0.683. The number of aryl methyl sites for hydroxylation is 1. The molecular weight excluding hydrogens is 350 g/mol. The molecule has 0 aliphatic carbocycles. The van der Waals surface area contributed by atoms with Crippen LogP contribution in [0.3, 0.4) is 0 Å². The van der Waals surface area contributed by atoms with Crippen LogP contribution >= 0.6 is 11.5 Å². The fourth-order valence-corrected chi connectivity index (χ4v) is 3.50. The quantitative estimate of drug-likeness (QED) is 0.858. The molecule has 2 amide bonds. The number of nitrogens with one attached hydrogen (secondary N) is 1. The van der Waals surface area contributed by atoms with Crippen molar-refractivity contribution in [1.29, 1.82) is 0 Å². The molecule has 1 saturated heterocycles. The minimum absolute atomic E-state index is 0.0667. The number of aromatic nitrogens is 2. The number of benzene rings is 1. The number of nitrogens with zero attached hydrogens (tertiary/aromatic N) is 4. The monoisotopic (exact) mass is 373 g/mol. The van der Waals surface area contributed by atoms with Gasteiger partial charge in [0.05, 0.1) is 5.69 Å². The van der Waals surface area contributed by atoms with Crippen molar-refractivity contribution in [3.63, 3.8) is 0 Å². The number of carbonyl (C=O) groups is 2. The Labute approximate surface area is 157 Å². The molecule has 26 heavy (non-hydrogen) atoms. The number of likely N-dealkylation sites (N-methyl/N-ethyl adjacent to an activating group) is 1. The lowest BCUT2D eigenvalue weighted by atomic mass is 10.1.